The number of nitrogens with zero attached hydrogens (tertiary/aromatic N) is 1. The number of carbonyl (C=O) groups is 2. The summed E-state index contributed by atoms with van der Waals surface area (Å²) in [5, 5.41) is 2.85. The Labute approximate surface area is 119 Å². The summed E-state index contributed by atoms with van der Waals surface area (Å²) in [6, 6.07) is 8.84. The molecule has 4 heteroatoms. The van der Waals surface area contributed by atoms with Crippen LogP contribution in [0.2, 0.25) is 0 Å². The van der Waals surface area contributed by atoms with Crippen LogP contribution in [0.25, 0.3) is 0 Å². The molecule has 1 aliphatic carbocycles. The number of nitrogens with one attached hydrogen (secondary N) is 1. The van der Waals surface area contributed by atoms with Gasteiger partial charge in [0.25, 0.3) is 5.91 Å². The van der Waals surface area contributed by atoms with E-state index >= 15 is 0 Å². The standard InChI is InChI=1S/C16H20N2O2/c1-3-11-9-13(11)18-10(2)15(19)17-14(16(18)20)12-7-5-4-6-8-12/h4-8,10-11,13-14H,3,9H2,1-2H3,(H,17,19). The topological polar surface area (TPSA) is 49.4 Å². The molecule has 2 fully saturated rings. The molecule has 0 bridgehead atoms. The zero-order valence-electron chi connectivity index (χ0n) is 11.9. The first-order valence-electron chi connectivity index (χ1n) is 7.31. The van der Waals surface area contributed by atoms with E-state index in [9.17, 15) is 9.59 Å². The summed E-state index contributed by atoms with van der Waals surface area (Å²) < 4.78 is 0. The lowest BCUT2D eigenvalue weighted by Crippen LogP contribution is -2.59. The molecule has 0 aromatic heterocycles. The van der Waals surface area contributed by atoms with Crippen LogP contribution < -0.4 is 5.32 Å². The molecule has 1 aliphatic heterocycles. The molecule has 0 radical (unpaired) electrons. The van der Waals surface area contributed by atoms with Crippen molar-refractivity contribution in [2.45, 2.75) is 44.8 Å². The van der Waals surface area contributed by atoms with Crippen molar-refractivity contribution in [3.05, 3.63) is 35.9 Å². The number of piperazine rings is 1. The highest BCUT2D eigenvalue weighted by Crippen LogP contribution is 2.41. The van der Waals surface area contributed by atoms with E-state index in [-0.39, 0.29) is 23.9 Å². The molecule has 106 valence electrons. The predicted octanol–water partition coefficient (Wildman–Crippen LogP) is 1.87. The largest absolute Gasteiger partial charge is 0.339 e. The van der Waals surface area contributed by atoms with Gasteiger partial charge in [-0.1, -0.05) is 43.7 Å². The molecule has 1 aromatic rings. The van der Waals surface area contributed by atoms with Crippen molar-refractivity contribution in [1.29, 1.82) is 0 Å². The summed E-state index contributed by atoms with van der Waals surface area (Å²) in [6.45, 7) is 3.96. The first-order valence-corrected chi connectivity index (χ1v) is 7.31. The zero-order chi connectivity index (χ0) is 14.3. The lowest BCUT2D eigenvalue weighted by Gasteiger charge is -2.38. The van der Waals surface area contributed by atoms with E-state index in [1.165, 1.54) is 0 Å². The summed E-state index contributed by atoms with van der Waals surface area (Å²) in [6.07, 6.45) is 2.10. The maximum absolute atomic E-state index is 12.7. The number of amides is 2. The Bertz CT molecular complexity index is 529. The molecule has 0 spiro atoms. The summed E-state index contributed by atoms with van der Waals surface area (Å²) in [5.74, 6) is 0.535. The maximum Gasteiger partial charge on any atom is 0.250 e. The van der Waals surface area contributed by atoms with Gasteiger partial charge in [0.15, 0.2) is 0 Å². The third-order valence-electron chi connectivity index (χ3n) is 4.48. The van der Waals surface area contributed by atoms with E-state index in [1.54, 1.807) is 0 Å². The third-order valence-corrected chi connectivity index (χ3v) is 4.48. The quantitative estimate of drug-likeness (QED) is 0.913. The van der Waals surface area contributed by atoms with E-state index in [0.29, 0.717) is 5.92 Å². The van der Waals surface area contributed by atoms with Gasteiger partial charge in [0.1, 0.15) is 12.1 Å². The van der Waals surface area contributed by atoms with Gasteiger partial charge in [-0.2, -0.15) is 0 Å². The van der Waals surface area contributed by atoms with Gasteiger partial charge in [-0.15, -0.1) is 0 Å². The fourth-order valence-corrected chi connectivity index (χ4v) is 3.12. The average Bonchev–Trinajstić information content (AvgIpc) is 3.23. The molecule has 2 amide bonds. The van der Waals surface area contributed by atoms with Gasteiger partial charge in [-0.3, -0.25) is 9.59 Å². The average molecular weight is 272 g/mol. The molecule has 1 saturated heterocycles. The van der Waals surface area contributed by atoms with Crippen LogP contribution in [0.15, 0.2) is 30.3 Å². The number of benzene rings is 1. The van der Waals surface area contributed by atoms with Gasteiger partial charge in [0.2, 0.25) is 5.91 Å². The van der Waals surface area contributed by atoms with Gasteiger partial charge in [0, 0.05) is 6.04 Å². The van der Waals surface area contributed by atoms with Gasteiger partial charge in [-0.25, -0.2) is 0 Å². The molecule has 20 heavy (non-hydrogen) atoms. The summed E-state index contributed by atoms with van der Waals surface area (Å²) in [4.78, 5) is 26.7. The van der Waals surface area contributed by atoms with Crippen LogP contribution in [0.3, 0.4) is 0 Å². The first kappa shape index (κ1) is 13.2. The molecular weight excluding hydrogens is 252 g/mol. The molecule has 1 heterocycles. The molecule has 4 nitrogen and oxygen atoms in total. The number of hydrogen-bond acceptors (Lipinski definition) is 2. The summed E-state index contributed by atoms with van der Waals surface area (Å²) in [5.41, 5.74) is 0.858. The summed E-state index contributed by atoms with van der Waals surface area (Å²) >= 11 is 0. The number of rotatable bonds is 3. The van der Waals surface area contributed by atoms with Crippen LogP contribution >= 0.6 is 0 Å². The second-order valence-corrected chi connectivity index (χ2v) is 5.75. The molecule has 1 saturated carbocycles. The Kier molecular flexibility index (Phi) is 3.24. The fraction of sp³-hybridized carbons (Fsp3) is 0.500. The Hall–Kier alpha value is -1.84. The minimum Gasteiger partial charge on any atom is -0.339 e. The van der Waals surface area contributed by atoms with Gasteiger partial charge < -0.3 is 10.2 Å². The minimum atomic E-state index is -0.530. The molecule has 4 unspecified atom stereocenters. The Morgan fingerprint density at radius 3 is 2.55 bits per heavy atom. The molecule has 2 aliphatic rings. The molecule has 4 atom stereocenters. The van der Waals surface area contributed by atoms with Crippen LogP contribution in [0.1, 0.15) is 38.3 Å². The van der Waals surface area contributed by atoms with E-state index in [4.69, 9.17) is 0 Å². The normalized spacial score (nSPS) is 33.0. The van der Waals surface area contributed by atoms with E-state index in [0.717, 1.165) is 18.4 Å². The molecular formula is C16H20N2O2. The van der Waals surface area contributed by atoms with E-state index in [2.05, 4.69) is 12.2 Å². The lowest BCUT2D eigenvalue weighted by molar-refractivity contribution is -0.149. The molecule has 1 N–H and O–H groups in total. The Morgan fingerprint density at radius 1 is 1.25 bits per heavy atom. The molecule has 3 rings (SSSR count). The van der Waals surface area contributed by atoms with Crippen LogP contribution in [0.4, 0.5) is 0 Å². The summed E-state index contributed by atoms with van der Waals surface area (Å²) in [7, 11) is 0. The number of carbonyl (C=O) groups excluding carboxylic acids is 2. The Balaban J connectivity index is 1.87. The van der Waals surface area contributed by atoms with Crippen LogP contribution in [0, 0.1) is 5.92 Å². The third kappa shape index (κ3) is 2.09. The molecule has 1 aromatic carbocycles. The smallest absolute Gasteiger partial charge is 0.250 e. The van der Waals surface area contributed by atoms with Crippen molar-refractivity contribution in [3.63, 3.8) is 0 Å². The second-order valence-electron chi connectivity index (χ2n) is 5.75. The van der Waals surface area contributed by atoms with Crippen LogP contribution in [-0.2, 0) is 9.59 Å². The maximum atomic E-state index is 12.7. The van der Waals surface area contributed by atoms with Crippen LogP contribution in [0.5, 0.6) is 0 Å². The fourth-order valence-electron chi connectivity index (χ4n) is 3.12. The number of hydrogen-bond donors (Lipinski definition) is 1. The van der Waals surface area contributed by atoms with Crippen molar-refractivity contribution >= 4 is 11.8 Å². The monoisotopic (exact) mass is 272 g/mol. The van der Waals surface area contributed by atoms with Crippen molar-refractivity contribution in [2.24, 2.45) is 5.92 Å². The van der Waals surface area contributed by atoms with E-state index in [1.807, 2.05) is 42.2 Å². The zero-order valence-corrected chi connectivity index (χ0v) is 11.9. The van der Waals surface area contributed by atoms with Gasteiger partial charge in [0.05, 0.1) is 0 Å². The lowest BCUT2D eigenvalue weighted by atomic mass is 10.0. The van der Waals surface area contributed by atoms with Crippen LogP contribution in [-0.4, -0.2) is 28.8 Å². The first-order chi connectivity index (χ1) is 9.63. The highest BCUT2D eigenvalue weighted by Gasteiger charge is 2.50. The van der Waals surface area contributed by atoms with Crippen molar-refractivity contribution < 1.29 is 9.59 Å². The van der Waals surface area contributed by atoms with Gasteiger partial charge >= 0.3 is 0 Å². The predicted molar refractivity (Wildman–Crippen MR) is 75.8 cm³/mol. The SMILES string of the molecule is CCC1CC1N1C(=O)C(c2ccccc2)NC(=O)C1C. The highest BCUT2D eigenvalue weighted by molar-refractivity contribution is 5.97. The Morgan fingerprint density at radius 2 is 1.95 bits per heavy atom. The van der Waals surface area contributed by atoms with Crippen molar-refractivity contribution in [3.8, 4) is 0 Å². The van der Waals surface area contributed by atoms with Crippen molar-refractivity contribution in [1.82, 2.24) is 10.2 Å². The highest BCUT2D eigenvalue weighted by atomic mass is 16.2. The van der Waals surface area contributed by atoms with Crippen molar-refractivity contribution in [2.75, 3.05) is 0 Å². The minimum absolute atomic E-state index is 0.0317. The van der Waals surface area contributed by atoms with E-state index < -0.39 is 6.04 Å². The van der Waals surface area contributed by atoms with Gasteiger partial charge in [-0.05, 0) is 24.8 Å². The second kappa shape index (κ2) is 4.93.